The molecule has 1 aromatic heterocycles. The molecule has 0 saturated carbocycles. The highest BCUT2D eigenvalue weighted by atomic mass is 35.5. The minimum Gasteiger partial charge on any atom is -0.236 e. The topological polar surface area (TPSA) is 12.9 Å². The molecular weight excluding hydrogens is 264 g/mol. The van der Waals surface area contributed by atoms with Gasteiger partial charge in [-0.25, -0.2) is 4.98 Å². The molecule has 0 aliphatic heterocycles. The lowest BCUT2D eigenvalue weighted by Gasteiger charge is -2.05. The van der Waals surface area contributed by atoms with E-state index in [1.807, 2.05) is 24.3 Å². The number of pyridine rings is 1. The van der Waals surface area contributed by atoms with Crippen molar-refractivity contribution >= 4 is 45.7 Å². The Kier molecular flexibility index (Phi) is 3.91. The SMILES string of the molecule is ClCCCc1cc2cc(Cl)ccc2nc1Cl. The highest BCUT2D eigenvalue weighted by Crippen LogP contribution is 2.24. The largest absolute Gasteiger partial charge is 0.236 e. The van der Waals surface area contributed by atoms with Crippen LogP contribution in [0.25, 0.3) is 10.9 Å². The van der Waals surface area contributed by atoms with Gasteiger partial charge in [0.2, 0.25) is 0 Å². The van der Waals surface area contributed by atoms with Crippen LogP contribution in [-0.4, -0.2) is 10.9 Å². The summed E-state index contributed by atoms with van der Waals surface area (Å²) >= 11 is 17.7. The van der Waals surface area contributed by atoms with Gasteiger partial charge in [0.25, 0.3) is 0 Å². The molecule has 2 rings (SSSR count). The van der Waals surface area contributed by atoms with Crippen molar-refractivity contribution in [2.75, 3.05) is 5.88 Å². The second kappa shape index (κ2) is 5.22. The molecule has 0 atom stereocenters. The van der Waals surface area contributed by atoms with Gasteiger partial charge in [0, 0.05) is 16.3 Å². The van der Waals surface area contributed by atoms with E-state index in [-0.39, 0.29) is 0 Å². The molecular formula is C12H10Cl3N. The molecule has 0 unspecified atom stereocenters. The van der Waals surface area contributed by atoms with Crippen LogP contribution < -0.4 is 0 Å². The zero-order valence-corrected chi connectivity index (χ0v) is 10.8. The van der Waals surface area contributed by atoms with Gasteiger partial charge < -0.3 is 0 Å². The second-order valence-corrected chi connectivity index (χ2v) is 4.74. The van der Waals surface area contributed by atoms with Crippen molar-refractivity contribution in [1.82, 2.24) is 4.98 Å². The molecule has 0 aliphatic carbocycles. The summed E-state index contributed by atoms with van der Waals surface area (Å²) in [6.07, 6.45) is 1.74. The molecule has 0 N–H and O–H groups in total. The van der Waals surface area contributed by atoms with Gasteiger partial charge in [-0.1, -0.05) is 23.2 Å². The highest BCUT2D eigenvalue weighted by molar-refractivity contribution is 6.32. The summed E-state index contributed by atoms with van der Waals surface area (Å²) in [5.74, 6) is 0.629. The van der Waals surface area contributed by atoms with Gasteiger partial charge in [-0.15, -0.1) is 11.6 Å². The number of alkyl halides is 1. The summed E-state index contributed by atoms with van der Waals surface area (Å²) in [4.78, 5) is 4.33. The molecule has 4 heteroatoms. The Morgan fingerprint density at radius 3 is 2.69 bits per heavy atom. The zero-order valence-electron chi connectivity index (χ0n) is 8.51. The lowest BCUT2D eigenvalue weighted by Crippen LogP contribution is -1.91. The summed E-state index contributed by atoms with van der Waals surface area (Å²) in [5.41, 5.74) is 1.89. The third-order valence-electron chi connectivity index (χ3n) is 2.38. The van der Waals surface area contributed by atoms with Crippen LogP contribution in [0.2, 0.25) is 10.2 Å². The van der Waals surface area contributed by atoms with Gasteiger partial charge in [0.1, 0.15) is 5.15 Å². The fourth-order valence-corrected chi connectivity index (χ4v) is 2.15. The van der Waals surface area contributed by atoms with Crippen molar-refractivity contribution in [3.05, 3.63) is 40.0 Å². The normalized spacial score (nSPS) is 10.9. The number of aromatic nitrogens is 1. The van der Waals surface area contributed by atoms with Gasteiger partial charge >= 0.3 is 0 Å². The maximum absolute atomic E-state index is 6.09. The lowest BCUT2D eigenvalue weighted by atomic mass is 10.1. The number of halogens is 3. The van der Waals surface area contributed by atoms with Crippen LogP contribution in [0.5, 0.6) is 0 Å². The minimum atomic E-state index is 0.555. The molecule has 0 spiro atoms. The standard InChI is InChI=1S/C12H10Cl3N/c13-5-1-2-8-6-9-7-10(14)3-4-11(9)16-12(8)15/h3-4,6-7H,1-2,5H2. The van der Waals surface area contributed by atoms with Gasteiger partial charge in [0.15, 0.2) is 0 Å². The summed E-state index contributed by atoms with van der Waals surface area (Å²) < 4.78 is 0. The third-order valence-corrected chi connectivity index (χ3v) is 3.21. The van der Waals surface area contributed by atoms with Crippen molar-refractivity contribution in [3.8, 4) is 0 Å². The van der Waals surface area contributed by atoms with Crippen molar-refractivity contribution < 1.29 is 0 Å². The average Bonchev–Trinajstić information content (AvgIpc) is 2.27. The van der Waals surface area contributed by atoms with Gasteiger partial charge in [-0.05, 0) is 42.7 Å². The summed E-state index contributed by atoms with van der Waals surface area (Å²) in [7, 11) is 0. The Hall–Kier alpha value is -0.500. The first-order chi connectivity index (χ1) is 7.70. The van der Waals surface area contributed by atoms with Crippen LogP contribution in [0.3, 0.4) is 0 Å². The van der Waals surface area contributed by atoms with Crippen molar-refractivity contribution in [2.24, 2.45) is 0 Å². The van der Waals surface area contributed by atoms with E-state index in [9.17, 15) is 0 Å². The molecule has 0 radical (unpaired) electrons. The molecule has 0 bridgehead atoms. The van der Waals surface area contributed by atoms with E-state index in [0.717, 1.165) is 29.3 Å². The van der Waals surface area contributed by atoms with Gasteiger partial charge in [-0.3, -0.25) is 0 Å². The molecule has 1 aromatic carbocycles. The second-order valence-electron chi connectivity index (χ2n) is 3.57. The van der Waals surface area contributed by atoms with E-state index in [1.165, 1.54) is 0 Å². The molecule has 0 saturated heterocycles. The summed E-state index contributed by atoms with van der Waals surface area (Å²) in [5, 5.41) is 2.28. The van der Waals surface area contributed by atoms with E-state index in [1.54, 1.807) is 0 Å². The van der Waals surface area contributed by atoms with E-state index < -0.39 is 0 Å². The molecule has 1 nitrogen and oxygen atoms in total. The molecule has 0 aliphatic rings. The maximum atomic E-state index is 6.09. The number of rotatable bonds is 3. The number of hydrogen-bond acceptors (Lipinski definition) is 1. The molecule has 1 heterocycles. The Bertz CT molecular complexity index is 511. The summed E-state index contributed by atoms with van der Waals surface area (Å²) in [6.45, 7) is 0. The Morgan fingerprint density at radius 2 is 1.94 bits per heavy atom. The molecule has 2 aromatic rings. The molecule has 0 amide bonds. The van der Waals surface area contributed by atoms with Crippen LogP contribution in [0.1, 0.15) is 12.0 Å². The quantitative estimate of drug-likeness (QED) is 0.583. The average molecular weight is 275 g/mol. The van der Waals surface area contributed by atoms with Crippen LogP contribution in [-0.2, 0) is 6.42 Å². The number of fused-ring (bicyclic) bond motifs is 1. The number of nitrogens with zero attached hydrogens (tertiary/aromatic N) is 1. The molecule has 0 fully saturated rings. The van der Waals surface area contributed by atoms with E-state index in [0.29, 0.717) is 16.1 Å². The van der Waals surface area contributed by atoms with Crippen LogP contribution in [0, 0.1) is 0 Å². The molecule has 84 valence electrons. The number of benzene rings is 1. The van der Waals surface area contributed by atoms with Crippen molar-refractivity contribution in [3.63, 3.8) is 0 Å². The van der Waals surface area contributed by atoms with Gasteiger partial charge in [-0.2, -0.15) is 0 Å². The van der Waals surface area contributed by atoms with Crippen molar-refractivity contribution in [1.29, 1.82) is 0 Å². The first-order valence-corrected chi connectivity index (χ1v) is 6.30. The van der Waals surface area contributed by atoms with E-state index >= 15 is 0 Å². The van der Waals surface area contributed by atoms with Crippen molar-refractivity contribution in [2.45, 2.75) is 12.8 Å². The van der Waals surface area contributed by atoms with E-state index in [4.69, 9.17) is 34.8 Å². The predicted octanol–water partition coefficient (Wildman–Crippen LogP) is 4.71. The number of hydrogen-bond donors (Lipinski definition) is 0. The fourth-order valence-electron chi connectivity index (χ4n) is 1.60. The predicted molar refractivity (Wildman–Crippen MR) is 70.8 cm³/mol. The zero-order chi connectivity index (χ0) is 11.5. The van der Waals surface area contributed by atoms with Crippen LogP contribution in [0.15, 0.2) is 24.3 Å². The third kappa shape index (κ3) is 2.60. The Labute approximate surface area is 109 Å². The number of aryl methyl sites for hydroxylation is 1. The van der Waals surface area contributed by atoms with E-state index in [2.05, 4.69) is 4.98 Å². The first-order valence-electron chi connectivity index (χ1n) is 5.01. The lowest BCUT2D eigenvalue weighted by molar-refractivity contribution is 0.924. The Balaban J connectivity index is 2.46. The van der Waals surface area contributed by atoms with Crippen LogP contribution in [0.4, 0.5) is 0 Å². The maximum Gasteiger partial charge on any atom is 0.132 e. The Morgan fingerprint density at radius 1 is 1.12 bits per heavy atom. The van der Waals surface area contributed by atoms with Crippen LogP contribution >= 0.6 is 34.8 Å². The fraction of sp³-hybridized carbons (Fsp3) is 0.250. The van der Waals surface area contributed by atoms with Gasteiger partial charge in [0.05, 0.1) is 5.52 Å². The monoisotopic (exact) mass is 273 g/mol. The smallest absolute Gasteiger partial charge is 0.132 e. The minimum absolute atomic E-state index is 0.555. The summed E-state index contributed by atoms with van der Waals surface area (Å²) in [6, 6.07) is 7.61. The first kappa shape index (κ1) is 12.0. The highest BCUT2D eigenvalue weighted by Gasteiger charge is 2.05. The molecule has 16 heavy (non-hydrogen) atoms.